The van der Waals surface area contributed by atoms with Crippen LogP contribution in [0.2, 0.25) is 0 Å². The molecule has 0 radical (unpaired) electrons. The van der Waals surface area contributed by atoms with Gasteiger partial charge in [-0.05, 0) is 6.92 Å². The smallest absolute Gasteiger partial charge is 0.260 e. The Hall–Kier alpha value is -1.45. The van der Waals surface area contributed by atoms with Crippen molar-refractivity contribution in [3.8, 4) is 0 Å². The van der Waals surface area contributed by atoms with Crippen LogP contribution in [0.25, 0.3) is 0 Å². The average molecular weight is 301 g/mol. The van der Waals surface area contributed by atoms with Crippen molar-refractivity contribution in [1.82, 2.24) is 24.5 Å². The van der Waals surface area contributed by atoms with Crippen LogP contribution in [-0.4, -0.2) is 61.5 Å². The predicted molar refractivity (Wildman–Crippen MR) is 72.5 cm³/mol. The van der Waals surface area contributed by atoms with Crippen molar-refractivity contribution in [3.05, 3.63) is 12.5 Å². The molecule has 0 bridgehead atoms. The highest BCUT2D eigenvalue weighted by molar-refractivity contribution is 7.89. The number of rotatable bonds is 5. The maximum atomic E-state index is 12.0. The molecular weight excluding hydrogens is 282 g/mol. The lowest BCUT2D eigenvalue weighted by atomic mass is 10.3. The molecule has 0 atom stereocenters. The lowest BCUT2D eigenvalue weighted by Gasteiger charge is -2.27. The summed E-state index contributed by atoms with van der Waals surface area (Å²) in [5.41, 5.74) is 0. The second-order valence-electron chi connectivity index (χ2n) is 4.50. The molecule has 1 aliphatic rings. The van der Waals surface area contributed by atoms with Crippen molar-refractivity contribution < 1.29 is 13.2 Å². The van der Waals surface area contributed by atoms with Gasteiger partial charge in [0.05, 0.1) is 12.9 Å². The zero-order valence-corrected chi connectivity index (χ0v) is 12.2. The van der Waals surface area contributed by atoms with Gasteiger partial charge in [0.15, 0.2) is 5.03 Å². The molecule has 2 N–H and O–H groups in total. The van der Waals surface area contributed by atoms with Gasteiger partial charge in [-0.3, -0.25) is 4.79 Å². The summed E-state index contributed by atoms with van der Waals surface area (Å²) in [7, 11) is -3.73. The maximum Gasteiger partial charge on any atom is 0.260 e. The van der Waals surface area contributed by atoms with E-state index in [1.165, 1.54) is 12.5 Å². The standard InChI is InChI=1S/C11H19N5O3S/c1-2-15-8-10(13-9-15)20(18,19)14-7-11(17)16-5-3-12-4-6-16/h8-9,12,14H,2-7H2,1H3. The molecule has 1 aliphatic heterocycles. The van der Waals surface area contributed by atoms with Gasteiger partial charge in [-0.25, -0.2) is 18.1 Å². The molecule has 20 heavy (non-hydrogen) atoms. The molecule has 8 nitrogen and oxygen atoms in total. The van der Waals surface area contributed by atoms with E-state index < -0.39 is 10.0 Å². The Morgan fingerprint density at radius 1 is 1.45 bits per heavy atom. The molecule has 1 aromatic rings. The van der Waals surface area contributed by atoms with E-state index in [0.29, 0.717) is 19.6 Å². The number of aromatic nitrogens is 2. The van der Waals surface area contributed by atoms with Gasteiger partial charge in [0.1, 0.15) is 0 Å². The van der Waals surface area contributed by atoms with Gasteiger partial charge in [0, 0.05) is 38.9 Å². The van der Waals surface area contributed by atoms with Crippen molar-refractivity contribution in [2.75, 3.05) is 32.7 Å². The number of nitrogens with one attached hydrogen (secondary N) is 2. The Morgan fingerprint density at radius 3 is 2.75 bits per heavy atom. The molecule has 2 heterocycles. The highest BCUT2D eigenvalue weighted by atomic mass is 32.2. The van der Waals surface area contributed by atoms with Gasteiger partial charge in [-0.2, -0.15) is 0 Å². The van der Waals surface area contributed by atoms with Crippen molar-refractivity contribution in [2.24, 2.45) is 0 Å². The number of carbonyl (C=O) groups is 1. The van der Waals surface area contributed by atoms with Crippen molar-refractivity contribution in [2.45, 2.75) is 18.5 Å². The predicted octanol–water partition coefficient (Wildman–Crippen LogP) is -1.39. The first-order valence-corrected chi connectivity index (χ1v) is 8.01. The van der Waals surface area contributed by atoms with Gasteiger partial charge in [-0.1, -0.05) is 0 Å². The molecule has 0 aromatic carbocycles. The molecule has 1 fully saturated rings. The summed E-state index contributed by atoms with van der Waals surface area (Å²) in [4.78, 5) is 17.4. The molecule has 1 saturated heterocycles. The molecular formula is C11H19N5O3S. The van der Waals surface area contributed by atoms with Gasteiger partial charge in [-0.15, -0.1) is 0 Å². The largest absolute Gasteiger partial charge is 0.339 e. The lowest BCUT2D eigenvalue weighted by Crippen LogP contribution is -2.49. The zero-order valence-electron chi connectivity index (χ0n) is 11.4. The topological polar surface area (TPSA) is 96.3 Å². The van der Waals surface area contributed by atoms with E-state index in [0.717, 1.165) is 13.1 Å². The first-order valence-electron chi connectivity index (χ1n) is 6.53. The van der Waals surface area contributed by atoms with E-state index in [1.807, 2.05) is 6.92 Å². The fraction of sp³-hybridized carbons (Fsp3) is 0.636. The van der Waals surface area contributed by atoms with Crippen LogP contribution in [-0.2, 0) is 21.4 Å². The fourth-order valence-corrected chi connectivity index (χ4v) is 2.83. The second-order valence-corrected chi connectivity index (χ2v) is 6.21. The van der Waals surface area contributed by atoms with Crippen LogP contribution in [0.5, 0.6) is 0 Å². The number of piperazine rings is 1. The van der Waals surface area contributed by atoms with E-state index in [9.17, 15) is 13.2 Å². The summed E-state index contributed by atoms with van der Waals surface area (Å²) in [6.45, 7) is 4.97. The van der Waals surface area contributed by atoms with E-state index in [4.69, 9.17) is 0 Å². The van der Waals surface area contributed by atoms with Crippen LogP contribution in [0.15, 0.2) is 17.6 Å². The number of imidazole rings is 1. The maximum absolute atomic E-state index is 12.0. The van der Waals surface area contributed by atoms with Gasteiger partial charge in [0.2, 0.25) is 5.91 Å². The molecule has 0 aliphatic carbocycles. The molecule has 0 spiro atoms. The first-order chi connectivity index (χ1) is 9.53. The van der Waals surface area contributed by atoms with Crippen LogP contribution in [0, 0.1) is 0 Å². The highest BCUT2D eigenvalue weighted by Gasteiger charge is 2.21. The number of hydrogen-bond donors (Lipinski definition) is 2. The van der Waals surface area contributed by atoms with Crippen molar-refractivity contribution in [1.29, 1.82) is 0 Å². The highest BCUT2D eigenvalue weighted by Crippen LogP contribution is 2.05. The zero-order chi connectivity index (χ0) is 14.6. The molecule has 9 heteroatoms. The minimum atomic E-state index is -3.73. The molecule has 1 aromatic heterocycles. The van der Waals surface area contributed by atoms with Crippen LogP contribution in [0.1, 0.15) is 6.92 Å². The number of aryl methyl sites for hydroxylation is 1. The normalized spacial score (nSPS) is 16.4. The fourth-order valence-electron chi connectivity index (χ4n) is 1.91. The first kappa shape index (κ1) is 14.9. The number of hydrogen-bond acceptors (Lipinski definition) is 5. The van der Waals surface area contributed by atoms with Gasteiger partial charge < -0.3 is 14.8 Å². The molecule has 0 unspecified atom stereocenters. The number of nitrogens with zero attached hydrogens (tertiary/aromatic N) is 3. The summed E-state index contributed by atoms with van der Waals surface area (Å²) in [5, 5.41) is 3.07. The third-order valence-corrected chi connectivity index (χ3v) is 4.42. The molecule has 0 saturated carbocycles. The number of sulfonamides is 1. The Bertz CT molecular complexity index is 562. The van der Waals surface area contributed by atoms with E-state index >= 15 is 0 Å². The monoisotopic (exact) mass is 301 g/mol. The number of amides is 1. The lowest BCUT2D eigenvalue weighted by molar-refractivity contribution is -0.130. The quantitative estimate of drug-likeness (QED) is 0.698. The van der Waals surface area contributed by atoms with Crippen LogP contribution in [0.4, 0.5) is 0 Å². The van der Waals surface area contributed by atoms with E-state index in [2.05, 4.69) is 15.0 Å². The minimum Gasteiger partial charge on any atom is -0.339 e. The summed E-state index contributed by atoms with van der Waals surface area (Å²) in [6.07, 6.45) is 2.89. The summed E-state index contributed by atoms with van der Waals surface area (Å²) in [5.74, 6) is -0.218. The number of carbonyl (C=O) groups excluding carboxylic acids is 1. The third kappa shape index (κ3) is 3.56. The van der Waals surface area contributed by atoms with Crippen LogP contribution in [0.3, 0.4) is 0 Å². The van der Waals surface area contributed by atoms with Gasteiger partial charge in [0.25, 0.3) is 10.0 Å². The second kappa shape index (κ2) is 6.33. The Kier molecular flexibility index (Phi) is 4.73. The SMILES string of the molecule is CCn1cnc(S(=O)(=O)NCC(=O)N2CCNCC2)c1. The summed E-state index contributed by atoms with van der Waals surface area (Å²) >= 11 is 0. The summed E-state index contributed by atoms with van der Waals surface area (Å²) in [6, 6.07) is 0. The average Bonchev–Trinajstić information content (AvgIpc) is 2.95. The molecule has 112 valence electrons. The van der Waals surface area contributed by atoms with Crippen LogP contribution >= 0.6 is 0 Å². The Labute approximate surface area is 118 Å². The molecule has 1 amide bonds. The van der Waals surface area contributed by atoms with Crippen molar-refractivity contribution >= 4 is 15.9 Å². The van der Waals surface area contributed by atoms with Crippen LogP contribution < -0.4 is 10.0 Å². The minimum absolute atomic E-state index is 0.0625. The Morgan fingerprint density at radius 2 is 2.15 bits per heavy atom. The summed E-state index contributed by atoms with van der Waals surface area (Å²) < 4.78 is 27.9. The molecule has 2 rings (SSSR count). The van der Waals surface area contributed by atoms with E-state index in [-0.39, 0.29) is 17.5 Å². The van der Waals surface area contributed by atoms with Crippen molar-refractivity contribution in [3.63, 3.8) is 0 Å². The Balaban J connectivity index is 1.93. The third-order valence-electron chi connectivity index (χ3n) is 3.13. The van der Waals surface area contributed by atoms with E-state index in [1.54, 1.807) is 9.47 Å². The van der Waals surface area contributed by atoms with Gasteiger partial charge >= 0.3 is 0 Å².